The number of carboxylic acids is 1. The summed E-state index contributed by atoms with van der Waals surface area (Å²) in [5.74, 6) is -0.989. The zero-order valence-electron chi connectivity index (χ0n) is 14.1. The maximum Gasteiger partial charge on any atom is 0.408 e. The van der Waals surface area contributed by atoms with Gasteiger partial charge >= 0.3 is 12.1 Å². The molecule has 0 bridgehead atoms. The van der Waals surface area contributed by atoms with E-state index in [1.54, 1.807) is 34.6 Å². The molecule has 5 heteroatoms. The molecular formula is C17H25NO4. The van der Waals surface area contributed by atoms with E-state index in [1.165, 1.54) is 0 Å². The summed E-state index contributed by atoms with van der Waals surface area (Å²) in [7, 11) is 0. The molecular weight excluding hydrogens is 282 g/mol. The number of carbonyl (C=O) groups excluding carboxylic acids is 1. The fraction of sp³-hybridized carbons (Fsp3) is 0.529. The first-order valence-corrected chi connectivity index (χ1v) is 7.23. The molecule has 2 N–H and O–H groups in total. The topological polar surface area (TPSA) is 75.6 Å². The fourth-order valence-corrected chi connectivity index (χ4v) is 2.11. The summed E-state index contributed by atoms with van der Waals surface area (Å²) < 4.78 is 5.26. The molecule has 0 heterocycles. The number of aliphatic carboxylic acids is 1. The summed E-state index contributed by atoms with van der Waals surface area (Å²) in [5.41, 5.74) is -0.143. The van der Waals surface area contributed by atoms with Crippen molar-refractivity contribution in [3.63, 3.8) is 0 Å². The number of carboxylic acid groups (broad SMARTS) is 1. The number of carbonyl (C=O) groups is 2. The third-order valence-electron chi connectivity index (χ3n) is 3.43. The minimum absolute atomic E-state index is 0.630. The number of alkyl carbamates (subject to hydrolysis) is 1. The Morgan fingerprint density at radius 1 is 1.14 bits per heavy atom. The van der Waals surface area contributed by atoms with Gasteiger partial charge < -0.3 is 15.2 Å². The van der Waals surface area contributed by atoms with Crippen LogP contribution in [-0.4, -0.2) is 22.8 Å². The second-order valence-corrected chi connectivity index (χ2v) is 6.96. The van der Waals surface area contributed by atoms with E-state index in [-0.39, 0.29) is 0 Å². The van der Waals surface area contributed by atoms with Gasteiger partial charge in [-0.05, 0) is 52.7 Å². The van der Waals surface area contributed by atoms with Gasteiger partial charge in [0, 0.05) is 0 Å². The number of hydrogen-bond acceptors (Lipinski definition) is 3. The second kappa shape index (κ2) is 6.38. The summed E-state index contributed by atoms with van der Waals surface area (Å²) in [6.07, 6.45) is -0.630. The van der Waals surface area contributed by atoms with E-state index >= 15 is 0 Å². The number of ether oxygens (including phenoxy) is 1. The van der Waals surface area contributed by atoms with Crippen LogP contribution in [0.25, 0.3) is 0 Å². The average molecular weight is 307 g/mol. The zero-order chi connectivity index (χ0) is 17.1. The Kier molecular flexibility index (Phi) is 5.22. The van der Waals surface area contributed by atoms with Gasteiger partial charge in [0.2, 0.25) is 0 Å². The molecule has 0 radical (unpaired) electrons. The summed E-state index contributed by atoms with van der Waals surface area (Å²) in [5, 5.41) is 12.2. The molecule has 0 aliphatic rings. The molecule has 0 spiro atoms. The number of amides is 1. The van der Waals surface area contributed by atoms with Gasteiger partial charge in [-0.3, -0.25) is 4.79 Å². The van der Waals surface area contributed by atoms with Crippen LogP contribution in [-0.2, 0) is 9.53 Å². The Morgan fingerprint density at radius 2 is 1.68 bits per heavy atom. The Bertz CT molecular complexity index is 558. The van der Waals surface area contributed by atoms with Crippen molar-refractivity contribution in [1.82, 2.24) is 5.32 Å². The highest BCUT2D eigenvalue weighted by Gasteiger charge is 2.40. The lowest BCUT2D eigenvalue weighted by atomic mass is 9.79. The first kappa shape index (κ1) is 18.0. The lowest BCUT2D eigenvalue weighted by molar-refractivity contribution is -0.148. The highest BCUT2D eigenvalue weighted by atomic mass is 16.6. The smallest absolute Gasteiger partial charge is 0.408 e. The molecule has 0 aromatic heterocycles. The first-order chi connectivity index (χ1) is 9.95. The third kappa shape index (κ3) is 4.48. The molecule has 0 saturated carbocycles. The van der Waals surface area contributed by atoms with Crippen molar-refractivity contribution in [2.75, 3.05) is 0 Å². The molecule has 1 unspecified atom stereocenters. The van der Waals surface area contributed by atoms with Crippen molar-refractivity contribution in [3.8, 4) is 0 Å². The summed E-state index contributed by atoms with van der Waals surface area (Å²) >= 11 is 0. The zero-order valence-corrected chi connectivity index (χ0v) is 14.1. The molecule has 0 fully saturated rings. The lowest BCUT2D eigenvalue weighted by Crippen LogP contribution is -2.44. The van der Waals surface area contributed by atoms with E-state index in [0.717, 1.165) is 11.1 Å². The van der Waals surface area contributed by atoms with Crippen molar-refractivity contribution in [3.05, 3.63) is 35.4 Å². The Balaban J connectivity index is 3.17. The molecule has 1 amide bonds. The maximum absolute atomic E-state index is 12.1. The minimum Gasteiger partial charge on any atom is -0.481 e. The maximum atomic E-state index is 12.1. The molecule has 1 atom stereocenters. The van der Waals surface area contributed by atoms with Gasteiger partial charge in [-0.25, -0.2) is 4.79 Å². The minimum atomic E-state index is -1.18. The van der Waals surface area contributed by atoms with Gasteiger partial charge in [-0.2, -0.15) is 0 Å². The molecule has 122 valence electrons. The van der Waals surface area contributed by atoms with Gasteiger partial charge in [-0.1, -0.05) is 24.3 Å². The van der Waals surface area contributed by atoms with Crippen LogP contribution in [0.15, 0.2) is 24.3 Å². The fourth-order valence-electron chi connectivity index (χ4n) is 2.11. The molecule has 1 rings (SSSR count). The molecule has 22 heavy (non-hydrogen) atoms. The first-order valence-electron chi connectivity index (χ1n) is 7.23. The Hall–Kier alpha value is -2.04. The van der Waals surface area contributed by atoms with E-state index in [9.17, 15) is 14.7 Å². The van der Waals surface area contributed by atoms with E-state index < -0.39 is 29.1 Å². The lowest BCUT2D eigenvalue weighted by Gasteiger charge is -2.33. The summed E-state index contributed by atoms with van der Waals surface area (Å²) in [6.45, 7) is 10.3. The van der Waals surface area contributed by atoms with Crippen LogP contribution in [0.5, 0.6) is 0 Å². The highest BCUT2D eigenvalue weighted by molar-refractivity contribution is 5.77. The van der Waals surface area contributed by atoms with Crippen LogP contribution >= 0.6 is 0 Å². The highest BCUT2D eigenvalue weighted by Crippen LogP contribution is 2.35. The predicted molar refractivity (Wildman–Crippen MR) is 84.7 cm³/mol. The van der Waals surface area contributed by atoms with Crippen LogP contribution in [0.3, 0.4) is 0 Å². The van der Waals surface area contributed by atoms with E-state index in [4.69, 9.17) is 4.74 Å². The number of rotatable bonds is 4. The van der Waals surface area contributed by atoms with Crippen LogP contribution in [0.2, 0.25) is 0 Å². The number of nitrogens with one attached hydrogen (secondary N) is 1. The van der Waals surface area contributed by atoms with Crippen LogP contribution in [0.1, 0.15) is 51.8 Å². The largest absolute Gasteiger partial charge is 0.481 e. The number of benzene rings is 1. The predicted octanol–water partition coefficient (Wildman–Crippen LogP) is 3.67. The average Bonchev–Trinajstić information content (AvgIpc) is 2.34. The van der Waals surface area contributed by atoms with Crippen molar-refractivity contribution in [2.24, 2.45) is 5.41 Å². The SMILES string of the molecule is Cc1ccccc1C(NC(=O)OC(C)(C)C)C(C)(C)C(=O)O. The van der Waals surface area contributed by atoms with Crippen LogP contribution in [0, 0.1) is 12.3 Å². The van der Waals surface area contributed by atoms with E-state index in [1.807, 2.05) is 31.2 Å². The van der Waals surface area contributed by atoms with E-state index in [0.29, 0.717) is 0 Å². The van der Waals surface area contributed by atoms with E-state index in [2.05, 4.69) is 5.32 Å². The molecule has 1 aromatic rings. The van der Waals surface area contributed by atoms with Crippen molar-refractivity contribution >= 4 is 12.1 Å². The van der Waals surface area contributed by atoms with Crippen molar-refractivity contribution < 1.29 is 19.4 Å². The van der Waals surface area contributed by atoms with Gasteiger partial charge in [0.15, 0.2) is 0 Å². The van der Waals surface area contributed by atoms with Gasteiger partial charge in [0.25, 0.3) is 0 Å². The summed E-state index contributed by atoms with van der Waals surface area (Å²) in [4.78, 5) is 23.7. The van der Waals surface area contributed by atoms with Gasteiger partial charge in [0.1, 0.15) is 5.60 Å². The van der Waals surface area contributed by atoms with Crippen LogP contribution in [0.4, 0.5) is 4.79 Å². The van der Waals surface area contributed by atoms with Gasteiger partial charge in [-0.15, -0.1) is 0 Å². The van der Waals surface area contributed by atoms with Gasteiger partial charge in [0.05, 0.1) is 11.5 Å². The summed E-state index contributed by atoms with van der Waals surface area (Å²) in [6, 6.07) is 6.71. The molecule has 0 saturated heterocycles. The monoisotopic (exact) mass is 307 g/mol. The molecule has 5 nitrogen and oxygen atoms in total. The van der Waals surface area contributed by atoms with Crippen LogP contribution < -0.4 is 5.32 Å². The molecule has 0 aliphatic carbocycles. The van der Waals surface area contributed by atoms with Crippen molar-refractivity contribution in [2.45, 2.75) is 53.2 Å². The van der Waals surface area contributed by atoms with Crippen molar-refractivity contribution in [1.29, 1.82) is 0 Å². The normalized spacial score (nSPS) is 13.4. The number of aryl methyl sites for hydroxylation is 1. The quantitative estimate of drug-likeness (QED) is 0.890. The molecule has 0 aliphatic heterocycles. The third-order valence-corrected chi connectivity index (χ3v) is 3.43. The number of hydrogen-bond donors (Lipinski definition) is 2. The standard InChI is InChI=1S/C17H25NO4/c1-11-9-7-8-10-12(11)13(17(5,6)14(19)20)18-15(21)22-16(2,3)4/h7-10,13H,1-6H3,(H,18,21)(H,19,20). The Labute approximate surface area is 131 Å². The Morgan fingerprint density at radius 3 is 2.14 bits per heavy atom. The second-order valence-electron chi connectivity index (χ2n) is 6.96. The molecule has 1 aromatic carbocycles.